The van der Waals surface area contributed by atoms with Gasteiger partial charge in [-0.15, -0.1) is 0 Å². The molecule has 3 aromatic rings. The van der Waals surface area contributed by atoms with Crippen LogP contribution in [0, 0.1) is 10.1 Å². The first kappa shape index (κ1) is 13.5. The van der Waals surface area contributed by atoms with E-state index in [0.717, 1.165) is 10.2 Å². The lowest BCUT2D eigenvalue weighted by Gasteiger charge is -1.97. The minimum Gasteiger partial charge on any atom is -0.378 e. The third-order valence-corrected chi connectivity index (χ3v) is 4.13. The van der Waals surface area contributed by atoms with Crippen molar-refractivity contribution in [3.8, 4) is 5.13 Å². The highest BCUT2D eigenvalue weighted by Crippen LogP contribution is 2.35. The molecule has 7 nitrogen and oxygen atoms in total. The molecule has 0 aliphatic heterocycles. The van der Waals surface area contributed by atoms with Crippen molar-refractivity contribution in [3.05, 3.63) is 40.1 Å². The summed E-state index contributed by atoms with van der Waals surface area (Å²) < 4.78 is 2.34. The maximum absolute atomic E-state index is 11.2. The van der Waals surface area contributed by atoms with Gasteiger partial charge in [-0.3, -0.25) is 10.1 Å². The van der Waals surface area contributed by atoms with E-state index in [4.69, 9.17) is 5.73 Å². The molecule has 0 spiro atoms. The molecule has 0 amide bonds. The number of rotatable bonds is 3. The van der Waals surface area contributed by atoms with Crippen LogP contribution in [-0.4, -0.2) is 19.7 Å². The van der Waals surface area contributed by atoms with Crippen molar-refractivity contribution < 1.29 is 4.92 Å². The first-order valence-electron chi connectivity index (χ1n) is 6.37. The van der Waals surface area contributed by atoms with Gasteiger partial charge in [-0.25, -0.2) is 4.98 Å². The van der Waals surface area contributed by atoms with Crippen molar-refractivity contribution in [2.45, 2.75) is 19.8 Å². The van der Waals surface area contributed by atoms with E-state index in [-0.39, 0.29) is 17.4 Å². The third-order valence-electron chi connectivity index (χ3n) is 3.11. The Labute approximate surface area is 124 Å². The molecule has 0 fully saturated rings. The van der Waals surface area contributed by atoms with Gasteiger partial charge in [-0.2, -0.15) is 9.78 Å². The molecule has 0 aliphatic rings. The smallest absolute Gasteiger partial charge is 0.334 e. The van der Waals surface area contributed by atoms with Gasteiger partial charge in [-0.1, -0.05) is 37.3 Å². The highest BCUT2D eigenvalue weighted by atomic mass is 32.1. The van der Waals surface area contributed by atoms with Crippen LogP contribution in [0.5, 0.6) is 0 Å². The molecule has 3 rings (SSSR count). The zero-order valence-corrected chi connectivity index (χ0v) is 12.3. The fourth-order valence-corrected chi connectivity index (χ4v) is 3.04. The van der Waals surface area contributed by atoms with Crippen LogP contribution in [0.3, 0.4) is 0 Å². The van der Waals surface area contributed by atoms with Crippen molar-refractivity contribution in [1.82, 2.24) is 14.8 Å². The normalized spacial score (nSPS) is 11.4. The first-order valence-corrected chi connectivity index (χ1v) is 7.19. The number of nitrogens with two attached hydrogens (primary N) is 1. The molecule has 2 N–H and O–H groups in total. The summed E-state index contributed by atoms with van der Waals surface area (Å²) in [7, 11) is 0. The standard InChI is InChI=1S/C13H13N5O2S/c1-7(2)10-11(18(19)20)12(14)17(16-10)13-15-8-5-3-4-6-9(8)21-13/h3-7H,14H2,1-2H3. The summed E-state index contributed by atoms with van der Waals surface area (Å²) >= 11 is 1.40. The van der Waals surface area contributed by atoms with Gasteiger partial charge >= 0.3 is 5.69 Å². The van der Waals surface area contributed by atoms with Gasteiger partial charge in [0.1, 0.15) is 5.69 Å². The van der Waals surface area contributed by atoms with Crippen LogP contribution >= 0.6 is 11.3 Å². The monoisotopic (exact) mass is 303 g/mol. The molecule has 108 valence electrons. The Kier molecular flexibility index (Phi) is 3.09. The van der Waals surface area contributed by atoms with Gasteiger partial charge in [0, 0.05) is 5.92 Å². The number of anilines is 1. The number of nitro groups is 1. The minimum atomic E-state index is -0.485. The van der Waals surface area contributed by atoms with Gasteiger partial charge in [-0.05, 0) is 12.1 Å². The summed E-state index contributed by atoms with van der Waals surface area (Å²) in [4.78, 5) is 15.2. The molecule has 2 aromatic heterocycles. The summed E-state index contributed by atoms with van der Waals surface area (Å²) in [5, 5.41) is 16.0. The lowest BCUT2D eigenvalue weighted by Crippen LogP contribution is -2.02. The van der Waals surface area contributed by atoms with Gasteiger partial charge in [0.05, 0.1) is 15.1 Å². The molecule has 0 saturated heterocycles. The van der Waals surface area contributed by atoms with E-state index in [0.29, 0.717) is 10.8 Å². The average molecular weight is 303 g/mol. The Hall–Kier alpha value is -2.48. The number of benzene rings is 1. The Morgan fingerprint density at radius 3 is 2.67 bits per heavy atom. The largest absolute Gasteiger partial charge is 0.378 e. The zero-order chi connectivity index (χ0) is 15.1. The molecule has 0 saturated carbocycles. The molecular weight excluding hydrogens is 290 g/mol. The third kappa shape index (κ3) is 2.13. The second-order valence-electron chi connectivity index (χ2n) is 4.91. The molecule has 0 atom stereocenters. The number of hydrogen-bond acceptors (Lipinski definition) is 6. The van der Waals surface area contributed by atoms with Crippen LogP contribution in [0.4, 0.5) is 11.5 Å². The minimum absolute atomic E-state index is 0.0164. The molecule has 0 aliphatic carbocycles. The van der Waals surface area contributed by atoms with Gasteiger partial charge in [0.2, 0.25) is 10.9 Å². The van der Waals surface area contributed by atoms with Crippen LogP contribution in [-0.2, 0) is 0 Å². The lowest BCUT2D eigenvalue weighted by molar-refractivity contribution is -0.384. The van der Waals surface area contributed by atoms with Crippen molar-refractivity contribution in [2.24, 2.45) is 0 Å². The average Bonchev–Trinajstić information content (AvgIpc) is 2.98. The number of thiazole rings is 1. The number of fused-ring (bicyclic) bond motifs is 1. The second kappa shape index (κ2) is 4.81. The Bertz CT molecular complexity index is 803. The van der Waals surface area contributed by atoms with Gasteiger partial charge in [0.15, 0.2) is 0 Å². The summed E-state index contributed by atoms with van der Waals surface area (Å²) in [6.45, 7) is 3.69. The van der Waals surface area contributed by atoms with Crippen LogP contribution in [0.1, 0.15) is 25.5 Å². The predicted molar refractivity (Wildman–Crippen MR) is 81.9 cm³/mol. The van der Waals surface area contributed by atoms with E-state index in [1.54, 1.807) is 0 Å². The topological polar surface area (TPSA) is 99.9 Å². The van der Waals surface area contributed by atoms with Gasteiger partial charge < -0.3 is 5.73 Å². The van der Waals surface area contributed by atoms with Crippen molar-refractivity contribution in [2.75, 3.05) is 5.73 Å². The van der Waals surface area contributed by atoms with Crippen LogP contribution in [0.25, 0.3) is 15.3 Å². The molecule has 0 bridgehead atoms. The highest BCUT2D eigenvalue weighted by molar-refractivity contribution is 7.20. The van der Waals surface area contributed by atoms with E-state index in [1.165, 1.54) is 16.0 Å². The molecule has 2 heterocycles. The predicted octanol–water partition coefficient (Wildman–Crippen LogP) is 3.10. The van der Waals surface area contributed by atoms with Crippen molar-refractivity contribution in [1.29, 1.82) is 0 Å². The zero-order valence-electron chi connectivity index (χ0n) is 11.5. The fraction of sp³-hybridized carbons (Fsp3) is 0.231. The number of hydrogen-bond donors (Lipinski definition) is 1. The molecule has 0 unspecified atom stereocenters. The van der Waals surface area contributed by atoms with Crippen LogP contribution < -0.4 is 5.73 Å². The van der Waals surface area contributed by atoms with Crippen LogP contribution in [0.2, 0.25) is 0 Å². The molecular formula is C13H13N5O2S. The summed E-state index contributed by atoms with van der Waals surface area (Å²) in [5.74, 6) is -0.0777. The van der Waals surface area contributed by atoms with E-state index >= 15 is 0 Å². The maximum atomic E-state index is 11.2. The van der Waals surface area contributed by atoms with E-state index in [1.807, 2.05) is 38.1 Å². The second-order valence-corrected chi connectivity index (χ2v) is 5.92. The molecule has 1 aromatic carbocycles. The maximum Gasteiger partial charge on any atom is 0.334 e. The Morgan fingerprint density at radius 1 is 1.38 bits per heavy atom. The summed E-state index contributed by atoms with van der Waals surface area (Å²) in [6.07, 6.45) is 0. The summed E-state index contributed by atoms with van der Waals surface area (Å²) in [6, 6.07) is 7.62. The molecule has 0 radical (unpaired) electrons. The number of nitrogens with zero attached hydrogens (tertiary/aromatic N) is 4. The van der Waals surface area contributed by atoms with Crippen molar-refractivity contribution in [3.63, 3.8) is 0 Å². The number of para-hydroxylation sites is 1. The Morgan fingerprint density at radius 2 is 2.10 bits per heavy atom. The molecule has 8 heteroatoms. The first-order chi connectivity index (χ1) is 9.99. The number of aromatic nitrogens is 3. The molecule has 21 heavy (non-hydrogen) atoms. The SMILES string of the molecule is CC(C)c1nn(-c2nc3ccccc3s2)c(N)c1[N+](=O)[O-]. The van der Waals surface area contributed by atoms with Gasteiger partial charge in [0.25, 0.3) is 0 Å². The van der Waals surface area contributed by atoms with E-state index in [2.05, 4.69) is 10.1 Å². The fourth-order valence-electron chi connectivity index (χ4n) is 2.11. The highest BCUT2D eigenvalue weighted by Gasteiger charge is 2.29. The van der Waals surface area contributed by atoms with Crippen LogP contribution in [0.15, 0.2) is 24.3 Å². The quantitative estimate of drug-likeness (QED) is 0.592. The van der Waals surface area contributed by atoms with Crippen molar-refractivity contribution >= 4 is 33.1 Å². The Balaban J connectivity index is 2.22. The summed E-state index contributed by atoms with van der Waals surface area (Å²) in [5.41, 5.74) is 6.98. The van der Waals surface area contributed by atoms with E-state index < -0.39 is 4.92 Å². The number of nitrogen functional groups attached to an aromatic ring is 1. The lowest BCUT2D eigenvalue weighted by atomic mass is 10.1. The van der Waals surface area contributed by atoms with E-state index in [9.17, 15) is 10.1 Å².